The predicted molar refractivity (Wildman–Crippen MR) is 84.5 cm³/mol. The molecule has 0 N–H and O–H groups in total. The molecule has 21 heavy (non-hydrogen) atoms. The smallest absolute Gasteiger partial charge is 0.196 e. The number of nitrogens with zero attached hydrogens (tertiary/aromatic N) is 4. The lowest BCUT2D eigenvalue weighted by atomic mass is 9.97. The molecule has 2 fully saturated rings. The third-order valence-corrected chi connectivity index (χ3v) is 5.61. The molecule has 4 heterocycles. The molecule has 4 rings (SSSR count). The van der Waals surface area contributed by atoms with E-state index in [1.165, 1.54) is 25.8 Å². The summed E-state index contributed by atoms with van der Waals surface area (Å²) in [7, 11) is 0. The number of thiazole rings is 1. The van der Waals surface area contributed by atoms with Crippen LogP contribution in [-0.2, 0) is 0 Å². The van der Waals surface area contributed by atoms with Crippen molar-refractivity contribution in [1.29, 1.82) is 0 Å². The molecule has 5 nitrogen and oxygen atoms in total. The first kappa shape index (κ1) is 13.3. The van der Waals surface area contributed by atoms with Gasteiger partial charge in [0, 0.05) is 36.8 Å². The van der Waals surface area contributed by atoms with Gasteiger partial charge in [-0.05, 0) is 26.3 Å². The molecule has 0 amide bonds. The number of fused-ring (bicyclic) bond motifs is 2. The lowest BCUT2D eigenvalue weighted by Crippen LogP contribution is -2.59. The zero-order valence-corrected chi connectivity index (χ0v) is 13.1. The van der Waals surface area contributed by atoms with E-state index in [4.69, 9.17) is 4.98 Å². The molecule has 2 aliphatic heterocycles. The highest BCUT2D eigenvalue weighted by atomic mass is 32.1. The number of imidazole rings is 1. The monoisotopic (exact) mass is 304 g/mol. The van der Waals surface area contributed by atoms with Crippen LogP contribution in [0, 0.1) is 0 Å². The first-order valence-electron chi connectivity index (χ1n) is 7.69. The molecule has 2 aliphatic rings. The molecular formula is C15H20N4OS. The van der Waals surface area contributed by atoms with Gasteiger partial charge in [0.1, 0.15) is 5.69 Å². The van der Waals surface area contributed by atoms with Crippen LogP contribution in [0.25, 0.3) is 4.96 Å². The molecule has 0 spiro atoms. The number of anilines is 1. The Bertz CT molecular complexity index is 664. The van der Waals surface area contributed by atoms with Crippen molar-refractivity contribution in [3.63, 3.8) is 0 Å². The van der Waals surface area contributed by atoms with Crippen LogP contribution in [0.1, 0.15) is 36.7 Å². The van der Waals surface area contributed by atoms with E-state index in [0.29, 0.717) is 17.8 Å². The number of piperidine rings is 1. The van der Waals surface area contributed by atoms with Gasteiger partial charge < -0.3 is 4.90 Å². The molecular weight excluding hydrogens is 284 g/mol. The minimum Gasteiger partial charge on any atom is -0.349 e. The third-order valence-electron chi connectivity index (χ3n) is 4.85. The van der Waals surface area contributed by atoms with Crippen LogP contribution in [0.2, 0.25) is 0 Å². The van der Waals surface area contributed by atoms with E-state index in [1.807, 2.05) is 16.0 Å². The van der Waals surface area contributed by atoms with Crippen molar-refractivity contribution in [3.8, 4) is 0 Å². The Labute approximate surface area is 128 Å². The third kappa shape index (κ3) is 2.08. The van der Waals surface area contributed by atoms with E-state index < -0.39 is 0 Å². The number of piperazine rings is 1. The van der Waals surface area contributed by atoms with E-state index in [2.05, 4.69) is 16.7 Å². The number of hydrogen-bond donors (Lipinski definition) is 0. The van der Waals surface area contributed by atoms with Crippen LogP contribution in [-0.4, -0.2) is 52.3 Å². The number of carbonyl (C=O) groups excluding carboxylic acids is 1. The van der Waals surface area contributed by atoms with Crippen molar-refractivity contribution < 1.29 is 4.79 Å². The second kappa shape index (κ2) is 5.10. The van der Waals surface area contributed by atoms with Gasteiger partial charge in [0.2, 0.25) is 0 Å². The van der Waals surface area contributed by atoms with Gasteiger partial charge >= 0.3 is 0 Å². The molecule has 2 saturated heterocycles. The largest absolute Gasteiger partial charge is 0.349 e. The predicted octanol–water partition coefficient (Wildman–Crippen LogP) is 2.27. The zero-order valence-electron chi connectivity index (χ0n) is 12.2. The van der Waals surface area contributed by atoms with Crippen molar-refractivity contribution in [1.82, 2.24) is 14.3 Å². The maximum absolute atomic E-state index is 11.5. The fourth-order valence-corrected chi connectivity index (χ4v) is 4.48. The molecule has 0 radical (unpaired) electrons. The van der Waals surface area contributed by atoms with Gasteiger partial charge in [-0.2, -0.15) is 0 Å². The van der Waals surface area contributed by atoms with Gasteiger partial charge in [-0.15, -0.1) is 11.3 Å². The summed E-state index contributed by atoms with van der Waals surface area (Å²) < 4.78 is 1.91. The number of carbonyl (C=O) groups is 1. The molecule has 112 valence electrons. The normalized spacial score (nSPS) is 27.0. The second-order valence-electron chi connectivity index (χ2n) is 6.14. The SMILES string of the molecule is CC1CN2CCCCC2CN1c1nc2sccn2c1C=O. The van der Waals surface area contributed by atoms with Gasteiger partial charge in [-0.1, -0.05) is 6.42 Å². The van der Waals surface area contributed by atoms with Gasteiger partial charge in [0.25, 0.3) is 0 Å². The quantitative estimate of drug-likeness (QED) is 0.798. The highest BCUT2D eigenvalue weighted by molar-refractivity contribution is 7.15. The lowest BCUT2D eigenvalue weighted by molar-refractivity contribution is 0.110. The molecule has 0 bridgehead atoms. The average Bonchev–Trinajstić information content (AvgIpc) is 3.06. The van der Waals surface area contributed by atoms with Crippen LogP contribution in [0.3, 0.4) is 0 Å². The minimum atomic E-state index is 0.405. The molecule has 2 aromatic heterocycles. The Morgan fingerprint density at radius 1 is 1.38 bits per heavy atom. The summed E-state index contributed by atoms with van der Waals surface area (Å²) in [5.74, 6) is 0.870. The van der Waals surface area contributed by atoms with E-state index in [-0.39, 0.29) is 0 Å². The van der Waals surface area contributed by atoms with Crippen molar-refractivity contribution in [3.05, 3.63) is 17.3 Å². The highest BCUT2D eigenvalue weighted by Crippen LogP contribution is 2.30. The molecule has 0 saturated carbocycles. The standard InChI is InChI=1S/C15H20N4OS/c1-11-8-17-5-3-2-4-12(17)9-19(11)14-13(10-20)18-6-7-21-15(18)16-14/h6-7,10-12H,2-5,8-9H2,1H3. The summed E-state index contributed by atoms with van der Waals surface area (Å²) >= 11 is 1.58. The minimum absolute atomic E-state index is 0.405. The van der Waals surface area contributed by atoms with Crippen LogP contribution in [0.15, 0.2) is 11.6 Å². The van der Waals surface area contributed by atoms with Gasteiger partial charge in [0.05, 0.1) is 0 Å². The molecule has 2 aromatic rings. The maximum Gasteiger partial charge on any atom is 0.196 e. The Balaban J connectivity index is 1.70. The van der Waals surface area contributed by atoms with Crippen molar-refractivity contribution in [2.24, 2.45) is 0 Å². The molecule has 2 unspecified atom stereocenters. The van der Waals surface area contributed by atoms with Crippen LogP contribution in [0.5, 0.6) is 0 Å². The van der Waals surface area contributed by atoms with Crippen LogP contribution in [0.4, 0.5) is 5.82 Å². The van der Waals surface area contributed by atoms with Crippen molar-refractivity contribution in [2.45, 2.75) is 38.3 Å². The fourth-order valence-electron chi connectivity index (χ4n) is 3.76. The maximum atomic E-state index is 11.5. The highest BCUT2D eigenvalue weighted by Gasteiger charge is 2.35. The Kier molecular flexibility index (Phi) is 3.23. The van der Waals surface area contributed by atoms with Gasteiger partial charge in [-0.25, -0.2) is 4.98 Å². The molecule has 0 aromatic carbocycles. The fraction of sp³-hybridized carbons (Fsp3) is 0.600. The van der Waals surface area contributed by atoms with E-state index in [9.17, 15) is 4.79 Å². The first-order valence-corrected chi connectivity index (χ1v) is 8.57. The molecule has 6 heteroatoms. The summed E-state index contributed by atoms with van der Waals surface area (Å²) in [6.45, 7) is 5.54. The average molecular weight is 304 g/mol. The van der Waals surface area contributed by atoms with Crippen LogP contribution < -0.4 is 4.90 Å². The Morgan fingerprint density at radius 2 is 2.29 bits per heavy atom. The van der Waals surface area contributed by atoms with Crippen molar-refractivity contribution in [2.75, 3.05) is 24.5 Å². The molecule has 0 aliphatic carbocycles. The summed E-state index contributed by atoms with van der Waals surface area (Å²) in [4.78, 5) is 22.1. The Hall–Kier alpha value is -1.40. The van der Waals surface area contributed by atoms with E-state index >= 15 is 0 Å². The topological polar surface area (TPSA) is 40.9 Å². The second-order valence-corrected chi connectivity index (χ2v) is 7.01. The Morgan fingerprint density at radius 3 is 3.14 bits per heavy atom. The van der Waals surface area contributed by atoms with Crippen molar-refractivity contribution >= 4 is 28.4 Å². The number of hydrogen-bond acceptors (Lipinski definition) is 5. The van der Waals surface area contributed by atoms with Gasteiger partial charge in [-0.3, -0.25) is 14.1 Å². The van der Waals surface area contributed by atoms with Crippen LogP contribution >= 0.6 is 11.3 Å². The number of aldehydes is 1. The number of aromatic nitrogens is 2. The summed E-state index contributed by atoms with van der Waals surface area (Å²) in [5, 5.41) is 1.97. The summed E-state index contributed by atoms with van der Waals surface area (Å²) in [6, 6.07) is 1.02. The molecule has 2 atom stereocenters. The summed E-state index contributed by atoms with van der Waals surface area (Å²) in [6.07, 6.45) is 6.79. The lowest BCUT2D eigenvalue weighted by Gasteiger charge is -2.47. The first-order chi connectivity index (χ1) is 10.3. The summed E-state index contributed by atoms with van der Waals surface area (Å²) in [5.41, 5.74) is 0.697. The van der Waals surface area contributed by atoms with Gasteiger partial charge in [0.15, 0.2) is 17.1 Å². The zero-order chi connectivity index (χ0) is 14.4. The van der Waals surface area contributed by atoms with E-state index in [1.54, 1.807) is 11.3 Å². The number of rotatable bonds is 2. The van der Waals surface area contributed by atoms with E-state index in [0.717, 1.165) is 30.2 Å².